The van der Waals surface area contributed by atoms with Crippen molar-refractivity contribution in [1.29, 1.82) is 0 Å². The molecule has 2 N–H and O–H groups in total. The summed E-state index contributed by atoms with van der Waals surface area (Å²) in [6.45, 7) is 4.05. The van der Waals surface area contributed by atoms with E-state index in [-0.39, 0.29) is 19.1 Å². The first-order valence-corrected chi connectivity index (χ1v) is 7.78. The van der Waals surface area contributed by atoms with Crippen LogP contribution in [0.25, 0.3) is 0 Å². The van der Waals surface area contributed by atoms with Crippen molar-refractivity contribution in [3.63, 3.8) is 0 Å². The lowest BCUT2D eigenvalue weighted by atomic mass is 10.1. The summed E-state index contributed by atoms with van der Waals surface area (Å²) in [5, 5.41) is 12.7. The summed E-state index contributed by atoms with van der Waals surface area (Å²) in [4.78, 5) is 11.8. The van der Waals surface area contributed by atoms with Crippen LogP contribution in [0.4, 0.5) is 0 Å². The number of carbonyl (C=O) groups is 1. The molecule has 0 heterocycles. The van der Waals surface area contributed by atoms with Crippen molar-refractivity contribution in [1.82, 2.24) is 5.32 Å². The highest BCUT2D eigenvalue weighted by molar-refractivity contribution is 5.77. The number of carbonyl (C=O) groups excluding carboxylic acids is 1. The Balaban J connectivity index is 1.78. The molecule has 1 amide bonds. The highest BCUT2D eigenvalue weighted by Crippen LogP contribution is 2.17. The SMILES string of the molecule is COc1ccc(C(O)CNC(=O)COc2ccc(C)c(C)c2)cc1. The zero-order chi connectivity index (χ0) is 17.5. The van der Waals surface area contributed by atoms with Gasteiger partial charge in [-0.15, -0.1) is 0 Å². The summed E-state index contributed by atoms with van der Waals surface area (Å²) in [5.41, 5.74) is 3.00. The van der Waals surface area contributed by atoms with Crippen molar-refractivity contribution < 1.29 is 19.4 Å². The molecule has 0 saturated carbocycles. The van der Waals surface area contributed by atoms with Crippen molar-refractivity contribution >= 4 is 5.91 Å². The molecule has 2 aromatic carbocycles. The van der Waals surface area contributed by atoms with E-state index >= 15 is 0 Å². The van der Waals surface area contributed by atoms with Crippen LogP contribution in [0.3, 0.4) is 0 Å². The number of aliphatic hydroxyl groups excluding tert-OH is 1. The van der Waals surface area contributed by atoms with Gasteiger partial charge in [0.2, 0.25) is 0 Å². The maximum absolute atomic E-state index is 11.8. The van der Waals surface area contributed by atoms with E-state index in [9.17, 15) is 9.90 Å². The van der Waals surface area contributed by atoms with Gasteiger partial charge >= 0.3 is 0 Å². The Bertz CT molecular complexity index is 682. The van der Waals surface area contributed by atoms with Crippen LogP contribution < -0.4 is 14.8 Å². The van der Waals surface area contributed by atoms with Crippen LogP contribution in [0.2, 0.25) is 0 Å². The molecule has 2 aromatic rings. The summed E-state index contributed by atoms with van der Waals surface area (Å²) in [5.74, 6) is 1.10. The topological polar surface area (TPSA) is 67.8 Å². The van der Waals surface area contributed by atoms with Gasteiger partial charge in [0.15, 0.2) is 6.61 Å². The Morgan fingerprint density at radius 2 is 1.75 bits per heavy atom. The molecule has 0 aliphatic carbocycles. The predicted octanol–water partition coefficient (Wildman–Crippen LogP) is 2.54. The van der Waals surface area contributed by atoms with Gasteiger partial charge in [-0.25, -0.2) is 0 Å². The van der Waals surface area contributed by atoms with Crippen LogP contribution >= 0.6 is 0 Å². The summed E-state index contributed by atoms with van der Waals surface area (Å²) in [7, 11) is 1.58. The van der Waals surface area contributed by atoms with Gasteiger partial charge in [-0.05, 0) is 54.8 Å². The molecular weight excluding hydrogens is 306 g/mol. The van der Waals surface area contributed by atoms with Crippen molar-refractivity contribution in [3.05, 3.63) is 59.2 Å². The van der Waals surface area contributed by atoms with E-state index in [2.05, 4.69) is 5.32 Å². The van der Waals surface area contributed by atoms with Gasteiger partial charge < -0.3 is 19.9 Å². The first-order chi connectivity index (χ1) is 11.5. The zero-order valence-corrected chi connectivity index (χ0v) is 14.2. The minimum Gasteiger partial charge on any atom is -0.497 e. The Morgan fingerprint density at radius 1 is 1.08 bits per heavy atom. The largest absolute Gasteiger partial charge is 0.497 e. The first-order valence-electron chi connectivity index (χ1n) is 7.78. The molecule has 0 aliphatic heterocycles. The minimum absolute atomic E-state index is 0.0855. The van der Waals surface area contributed by atoms with Crippen molar-refractivity contribution in [2.45, 2.75) is 20.0 Å². The summed E-state index contributed by atoms with van der Waals surface area (Å²) < 4.78 is 10.5. The number of aliphatic hydroxyl groups is 1. The Hall–Kier alpha value is -2.53. The molecule has 5 nitrogen and oxygen atoms in total. The highest BCUT2D eigenvalue weighted by atomic mass is 16.5. The van der Waals surface area contributed by atoms with Gasteiger partial charge in [0.1, 0.15) is 11.5 Å². The third-order valence-electron chi connectivity index (χ3n) is 3.84. The van der Waals surface area contributed by atoms with Crippen LogP contribution in [-0.4, -0.2) is 31.3 Å². The maximum Gasteiger partial charge on any atom is 0.258 e. The summed E-state index contributed by atoms with van der Waals surface area (Å²) in [6.07, 6.45) is -0.776. The number of benzene rings is 2. The molecular formula is C19H23NO4. The minimum atomic E-state index is -0.776. The van der Waals surface area contributed by atoms with Gasteiger partial charge in [-0.2, -0.15) is 0 Å². The first kappa shape index (κ1) is 17.8. The third kappa shape index (κ3) is 4.99. The van der Waals surface area contributed by atoms with E-state index in [1.165, 1.54) is 5.56 Å². The smallest absolute Gasteiger partial charge is 0.258 e. The van der Waals surface area contributed by atoms with Crippen molar-refractivity contribution in [2.75, 3.05) is 20.3 Å². The lowest BCUT2D eigenvalue weighted by Gasteiger charge is -2.13. The number of ether oxygens (including phenoxy) is 2. The predicted molar refractivity (Wildman–Crippen MR) is 92.4 cm³/mol. The van der Waals surface area contributed by atoms with Crippen LogP contribution in [0.1, 0.15) is 22.8 Å². The molecule has 0 aromatic heterocycles. The van der Waals surface area contributed by atoms with Crippen LogP contribution in [0, 0.1) is 13.8 Å². The average molecular weight is 329 g/mol. The van der Waals surface area contributed by atoms with E-state index in [4.69, 9.17) is 9.47 Å². The average Bonchev–Trinajstić information content (AvgIpc) is 2.60. The second kappa shape index (κ2) is 8.36. The van der Waals surface area contributed by atoms with Crippen LogP contribution in [-0.2, 0) is 4.79 Å². The number of nitrogens with one attached hydrogen (secondary N) is 1. The number of rotatable bonds is 7. The Morgan fingerprint density at radius 3 is 2.38 bits per heavy atom. The molecule has 0 radical (unpaired) electrons. The molecule has 1 unspecified atom stereocenters. The fraction of sp³-hybridized carbons (Fsp3) is 0.316. The van der Waals surface area contributed by atoms with E-state index in [0.717, 1.165) is 11.3 Å². The highest BCUT2D eigenvalue weighted by Gasteiger charge is 2.10. The van der Waals surface area contributed by atoms with Gasteiger partial charge in [0, 0.05) is 6.54 Å². The Kier molecular flexibility index (Phi) is 6.21. The molecule has 0 saturated heterocycles. The monoisotopic (exact) mass is 329 g/mol. The molecule has 0 aliphatic rings. The van der Waals surface area contributed by atoms with E-state index in [0.29, 0.717) is 11.3 Å². The van der Waals surface area contributed by atoms with Gasteiger partial charge in [0.05, 0.1) is 13.2 Å². The Labute approximate surface area is 142 Å². The standard InChI is InChI=1S/C19H23NO4/c1-13-4-7-17(10-14(13)2)24-12-19(22)20-11-18(21)15-5-8-16(23-3)9-6-15/h4-10,18,21H,11-12H2,1-3H3,(H,20,22). The normalized spacial score (nSPS) is 11.7. The van der Waals surface area contributed by atoms with Crippen molar-refractivity contribution in [2.24, 2.45) is 0 Å². The molecule has 2 rings (SSSR count). The molecule has 5 heteroatoms. The number of amides is 1. The number of methoxy groups -OCH3 is 1. The third-order valence-corrected chi connectivity index (χ3v) is 3.84. The van der Waals surface area contributed by atoms with Gasteiger partial charge in [0.25, 0.3) is 5.91 Å². The molecule has 24 heavy (non-hydrogen) atoms. The molecule has 0 bridgehead atoms. The second-order valence-corrected chi connectivity index (χ2v) is 5.63. The maximum atomic E-state index is 11.8. The number of hydrogen-bond acceptors (Lipinski definition) is 4. The van der Waals surface area contributed by atoms with Gasteiger partial charge in [-0.1, -0.05) is 18.2 Å². The van der Waals surface area contributed by atoms with Gasteiger partial charge in [-0.3, -0.25) is 4.79 Å². The summed E-state index contributed by atoms with van der Waals surface area (Å²) in [6, 6.07) is 12.8. The van der Waals surface area contributed by atoms with Crippen LogP contribution in [0.15, 0.2) is 42.5 Å². The van der Waals surface area contributed by atoms with E-state index < -0.39 is 6.10 Å². The number of aryl methyl sites for hydroxylation is 2. The van der Waals surface area contributed by atoms with E-state index in [1.807, 2.05) is 32.0 Å². The fourth-order valence-electron chi connectivity index (χ4n) is 2.16. The lowest BCUT2D eigenvalue weighted by Crippen LogP contribution is -2.32. The van der Waals surface area contributed by atoms with Crippen LogP contribution in [0.5, 0.6) is 11.5 Å². The second-order valence-electron chi connectivity index (χ2n) is 5.63. The zero-order valence-electron chi connectivity index (χ0n) is 14.2. The summed E-state index contributed by atoms with van der Waals surface area (Å²) >= 11 is 0. The van der Waals surface area contributed by atoms with Crippen molar-refractivity contribution in [3.8, 4) is 11.5 Å². The molecule has 128 valence electrons. The number of hydrogen-bond donors (Lipinski definition) is 2. The quantitative estimate of drug-likeness (QED) is 0.819. The molecule has 0 fully saturated rings. The van der Waals surface area contributed by atoms with E-state index in [1.54, 1.807) is 31.4 Å². The lowest BCUT2D eigenvalue weighted by molar-refractivity contribution is -0.123. The fourth-order valence-corrected chi connectivity index (χ4v) is 2.16. The molecule has 0 spiro atoms. The molecule has 1 atom stereocenters.